The number of amides is 1. The fourth-order valence-corrected chi connectivity index (χ4v) is 1.92. The first-order valence-corrected chi connectivity index (χ1v) is 8.00. The Bertz CT molecular complexity index is 608. The lowest BCUT2D eigenvalue weighted by Gasteiger charge is -2.16. The summed E-state index contributed by atoms with van der Waals surface area (Å²) in [6.45, 7) is 6.30. The van der Waals surface area contributed by atoms with Crippen molar-refractivity contribution in [1.82, 2.24) is 5.32 Å². The predicted octanol–water partition coefficient (Wildman–Crippen LogP) is 1.79. The Kier molecular flexibility index (Phi) is 8.72. The summed E-state index contributed by atoms with van der Waals surface area (Å²) in [4.78, 5) is 23.7. The monoisotopic (exact) mass is 349 g/mol. The molecule has 0 aromatic heterocycles. The zero-order chi connectivity index (χ0) is 18.7. The molecule has 25 heavy (non-hydrogen) atoms. The molecule has 0 aliphatic heterocycles. The molecule has 7 nitrogen and oxygen atoms in total. The van der Waals surface area contributed by atoms with Gasteiger partial charge in [-0.2, -0.15) is 0 Å². The van der Waals surface area contributed by atoms with Crippen LogP contribution < -0.4 is 19.5 Å². The third kappa shape index (κ3) is 6.26. The average molecular weight is 349 g/mol. The van der Waals surface area contributed by atoms with Crippen molar-refractivity contribution in [2.24, 2.45) is 0 Å². The number of carbonyl (C=O) groups is 2. The summed E-state index contributed by atoms with van der Waals surface area (Å²) in [5.74, 6) is 2.27. The molecule has 0 saturated heterocycles. The van der Waals surface area contributed by atoms with Crippen molar-refractivity contribution in [3.63, 3.8) is 0 Å². The Morgan fingerprint density at radius 2 is 1.60 bits per heavy atom. The van der Waals surface area contributed by atoms with Gasteiger partial charge in [0.2, 0.25) is 5.75 Å². The van der Waals surface area contributed by atoms with E-state index < -0.39 is 18.5 Å². The van der Waals surface area contributed by atoms with Crippen LogP contribution in [-0.2, 0) is 9.53 Å². The second kappa shape index (κ2) is 10.8. The van der Waals surface area contributed by atoms with E-state index in [9.17, 15) is 9.59 Å². The van der Waals surface area contributed by atoms with E-state index in [0.717, 1.165) is 0 Å². The molecule has 136 valence electrons. The Balaban J connectivity index is 2.99. The van der Waals surface area contributed by atoms with Crippen molar-refractivity contribution < 1.29 is 28.5 Å². The largest absolute Gasteiger partial charge is 0.490 e. The topological polar surface area (TPSA) is 83.1 Å². The van der Waals surface area contributed by atoms with Crippen molar-refractivity contribution in [2.45, 2.75) is 20.8 Å². The fourth-order valence-electron chi connectivity index (χ4n) is 1.92. The van der Waals surface area contributed by atoms with Crippen LogP contribution in [0.3, 0.4) is 0 Å². The fraction of sp³-hybridized carbons (Fsp3) is 0.444. The Labute approximate surface area is 147 Å². The van der Waals surface area contributed by atoms with Gasteiger partial charge in [0.15, 0.2) is 18.1 Å². The van der Waals surface area contributed by atoms with Crippen molar-refractivity contribution in [2.75, 3.05) is 33.0 Å². The molecule has 0 heterocycles. The molecule has 0 unspecified atom stereocenters. The standard InChI is InChI=1S/C18H23NO6/c1-5-9-19-16(20)12-25-18(21)13-10-14(22-6-2)17(24-8-4)15(11-13)23-7-3/h1,10-11H,6-9,12H2,2-4H3,(H,19,20). The molecule has 1 rings (SSSR count). The van der Waals surface area contributed by atoms with E-state index in [-0.39, 0.29) is 12.1 Å². The number of esters is 1. The van der Waals surface area contributed by atoms with E-state index in [4.69, 9.17) is 25.4 Å². The third-order valence-electron chi connectivity index (χ3n) is 2.87. The molecule has 1 N–H and O–H groups in total. The smallest absolute Gasteiger partial charge is 0.338 e. The van der Waals surface area contributed by atoms with Crippen molar-refractivity contribution >= 4 is 11.9 Å². The van der Waals surface area contributed by atoms with Crippen LogP contribution in [0.1, 0.15) is 31.1 Å². The van der Waals surface area contributed by atoms with E-state index in [1.54, 1.807) is 0 Å². The number of nitrogens with one attached hydrogen (secondary N) is 1. The molecule has 0 fully saturated rings. The number of terminal acetylenes is 1. The number of benzene rings is 1. The van der Waals surface area contributed by atoms with Gasteiger partial charge in [-0.25, -0.2) is 4.79 Å². The molecular formula is C18H23NO6. The summed E-state index contributed by atoms with van der Waals surface area (Å²) in [5.41, 5.74) is 0.195. The molecule has 0 spiro atoms. The van der Waals surface area contributed by atoms with E-state index in [1.165, 1.54) is 12.1 Å². The maximum absolute atomic E-state index is 12.2. The lowest BCUT2D eigenvalue weighted by molar-refractivity contribution is -0.123. The Morgan fingerprint density at radius 1 is 1.04 bits per heavy atom. The van der Waals surface area contributed by atoms with E-state index in [0.29, 0.717) is 37.1 Å². The van der Waals surface area contributed by atoms with Gasteiger partial charge in [0.05, 0.1) is 31.9 Å². The molecule has 0 aliphatic rings. The second-order valence-electron chi connectivity index (χ2n) is 4.66. The summed E-state index contributed by atoms with van der Waals surface area (Å²) >= 11 is 0. The van der Waals surface area contributed by atoms with E-state index in [2.05, 4.69) is 11.2 Å². The van der Waals surface area contributed by atoms with Gasteiger partial charge in [0, 0.05) is 0 Å². The van der Waals surface area contributed by atoms with E-state index in [1.807, 2.05) is 20.8 Å². The lowest BCUT2D eigenvalue weighted by atomic mass is 10.2. The molecule has 7 heteroatoms. The van der Waals surface area contributed by atoms with Gasteiger partial charge in [0.1, 0.15) is 0 Å². The van der Waals surface area contributed by atoms with Crippen LogP contribution in [0.4, 0.5) is 0 Å². The number of carbonyl (C=O) groups excluding carboxylic acids is 2. The van der Waals surface area contributed by atoms with Crippen molar-refractivity contribution in [1.29, 1.82) is 0 Å². The first-order chi connectivity index (χ1) is 12.1. The lowest BCUT2D eigenvalue weighted by Crippen LogP contribution is -2.29. The average Bonchev–Trinajstić information content (AvgIpc) is 2.60. The molecule has 0 radical (unpaired) electrons. The maximum atomic E-state index is 12.2. The van der Waals surface area contributed by atoms with Gasteiger partial charge in [-0.1, -0.05) is 5.92 Å². The number of ether oxygens (including phenoxy) is 4. The van der Waals surface area contributed by atoms with E-state index >= 15 is 0 Å². The first-order valence-electron chi connectivity index (χ1n) is 8.00. The Morgan fingerprint density at radius 3 is 2.08 bits per heavy atom. The van der Waals surface area contributed by atoms with Crippen LogP contribution in [0, 0.1) is 12.3 Å². The molecule has 1 aromatic rings. The quantitative estimate of drug-likeness (QED) is 0.512. The summed E-state index contributed by atoms with van der Waals surface area (Å²) in [7, 11) is 0. The molecule has 1 aromatic carbocycles. The Hall–Kier alpha value is -2.88. The van der Waals surface area contributed by atoms with Crippen LogP contribution in [0.5, 0.6) is 17.2 Å². The maximum Gasteiger partial charge on any atom is 0.338 e. The first kappa shape index (κ1) is 20.2. The summed E-state index contributed by atoms with van der Waals surface area (Å²) < 4.78 is 21.6. The predicted molar refractivity (Wildman–Crippen MR) is 92.1 cm³/mol. The van der Waals surface area contributed by atoms with Crippen LogP contribution in [0.2, 0.25) is 0 Å². The summed E-state index contributed by atoms with van der Waals surface area (Å²) in [6, 6.07) is 3.00. The SMILES string of the molecule is C#CCNC(=O)COC(=O)c1cc(OCC)c(OCC)c(OCC)c1. The number of hydrogen-bond acceptors (Lipinski definition) is 6. The van der Waals surface area contributed by atoms with Gasteiger partial charge in [0.25, 0.3) is 5.91 Å². The van der Waals surface area contributed by atoms with Gasteiger partial charge >= 0.3 is 5.97 Å². The second-order valence-corrected chi connectivity index (χ2v) is 4.66. The highest BCUT2D eigenvalue weighted by Gasteiger charge is 2.19. The zero-order valence-corrected chi connectivity index (χ0v) is 14.7. The highest BCUT2D eigenvalue weighted by atomic mass is 16.5. The van der Waals surface area contributed by atoms with Gasteiger partial charge in [-0.3, -0.25) is 4.79 Å². The van der Waals surface area contributed by atoms with Gasteiger partial charge in [-0.05, 0) is 32.9 Å². The summed E-state index contributed by atoms with van der Waals surface area (Å²) in [6.07, 6.45) is 5.04. The zero-order valence-electron chi connectivity index (χ0n) is 14.7. The highest BCUT2D eigenvalue weighted by Crippen LogP contribution is 2.39. The minimum Gasteiger partial charge on any atom is -0.490 e. The minimum absolute atomic E-state index is 0.0718. The van der Waals surface area contributed by atoms with Crippen molar-refractivity contribution in [3.8, 4) is 29.6 Å². The summed E-state index contributed by atoms with van der Waals surface area (Å²) in [5, 5.41) is 2.41. The highest BCUT2D eigenvalue weighted by molar-refractivity contribution is 5.92. The number of rotatable bonds is 10. The van der Waals surface area contributed by atoms with Gasteiger partial charge < -0.3 is 24.3 Å². The van der Waals surface area contributed by atoms with Crippen LogP contribution in [-0.4, -0.2) is 44.8 Å². The molecule has 0 atom stereocenters. The number of hydrogen-bond donors (Lipinski definition) is 1. The van der Waals surface area contributed by atoms with Crippen LogP contribution in [0.25, 0.3) is 0 Å². The molecule has 0 saturated carbocycles. The van der Waals surface area contributed by atoms with Crippen molar-refractivity contribution in [3.05, 3.63) is 17.7 Å². The molecule has 0 bridgehead atoms. The third-order valence-corrected chi connectivity index (χ3v) is 2.87. The van der Waals surface area contributed by atoms with Crippen LogP contribution in [0.15, 0.2) is 12.1 Å². The normalized spacial score (nSPS) is 9.68. The van der Waals surface area contributed by atoms with Gasteiger partial charge in [-0.15, -0.1) is 6.42 Å². The molecule has 1 amide bonds. The molecule has 0 aliphatic carbocycles. The molecular weight excluding hydrogens is 326 g/mol. The minimum atomic E-state index is -0.680. The van der Waals surface area contributed by atoms with Crippen LogP contribution >= 0.6 is 0 Å².